The lowest BCUT2D eigenvalue weighted by atomic mass is 10.2. The maximum absolute atomic E-state index is 13.0. The number of nitrogens with one attached hydrogen (secondary N) is 1. The van der Waals surface area contributed by atoms with Gasteiger partial charge in [-0.05, 0) is 23.3 Å². The minimum absolute atomic E-state index is 0.510. The van der Waals surface area contributed by atoms with Crippen molar-refractivity contribution in [3.63, 3.8) is 0 Å². The van der Waals surface area contributed by atoms with Gasteiger partial charge in [0.05, 0.1) is 0 Å². The summed E-state index contributed by atoms with van der Waals surface area (Å²) in [5.41, 5.74) is 1.86. The van der Waals surface area contributed by atoms with E-state index in [9.17, 15) is 8.78 Å². The first-order chi connectivity index (χ1) is 9.25. The molecule has 0 unspecified atom stereocenters. The summed E-state index contributed by atoms with van der Waals surface area (Å²) < 4.78 is 25.7. The molecule has 3 heteroatoms. The average Bonchev–Trinajstić information content (AvgIpc) is 2.43. The van der Waals surface area contributed by atoms with Crippen molar-refractivity contribution in [3.8, 4) is 0 Å². The van der Waals surface area contributed by atoms with Crippen molar-refractivity contribution in [1.82, 2.24) is 5.32 Å². The zero-order chi connectivity index (χ0) is 13.5. The second-order valence-corrected chi connectivity index (χ2v) is 4.19. The van der Waals surface area contributed by atoms with Crippen molar-refractivity contribution in [2.24, 2.45) is 0 Å². The van der Waals surface area contributed by atoms with Crippen molar-refractivity contribution in [2.45, 2.75) is 6.54 Å². The highest BCUT2D eigenvalue weighted by atomic mass is 19.2. The Labute approximate surface area is 111 Å². The highest BCUT2D eigenvalue weighted by Gasteiger charge is 2.01. The van der Waals surface area contributed by atoms with Crippen molar-refractivity contribution >= 4 is 6.08 Å². The van der Waals surface area contributed by atoms with Crippen LogP contribution in [-0.4, -0.2) is 6.54 Å². The van der Waals surface area contributed by atoms with Crippen LogP contribution in [0.1, 0.15) is 11.1 Å². The predicted octanol–water partition coefficient (Wildman–Crippen LogP) is 3.77. The van der Waals surface area contributed by atoms with E-state index in [1.807, 2.05) is 42.5 Å². The van der Waals surface area contributed by atoms with Gasteiger partial charge in [0.15, 0.2) is 11.6 Å². The van der Waals surface area contributed by atoms with Gasteiger partial charge in [-0.2, -0.15) is 0 Å². The lowest BCUT2D eigenvalue weighted by Gasteiger charge is -2.02. The molecule has 0 saturated heterocycles. The Bertz CT molecular complexity index is 550. The van der Waals surface area contributed by atoms with Crippen LogP contribution in [0.2, 0.25) is 0 Å². The molecule has 0 radical (unpaired) electrons. The molecule has 0 aliphatic heterocycles. The summed E-state index contributed by atoms with van der Waals surface area (Å²) in [5.74, 6) is -1.62. The van der Waals surface area contributed by atoms with E-state index in [4.69, 9.17) is 0 Å². The van der Waals surface area contributed by atoms with Crippen molar-refractivity contribution in [3.05, 3.63) is 77.4 Å². The average molecular weight is 259 g/mol. The largest absolute Gasteiger partial charge is 0.309 e. The van der Waals surface area contributed by atoms with Crippen molar-refractivity contribution in [1.29, 1.82) is 0 Å². The van der Waals surface area contributed by atoms with Gasteiger partial charge in [-0.3, -0.25) is 0 Å². The van der Waals surface area contributed by atoms with Gasteiger partial charge in [-0.15, -0.1) is 0 Å². The van der Waals surface area contributed by atoms with E-state index in [1.165, 1.54) is 6.07 Å². The van der Waals surface area contributed by atoms with Gasteiger partial charge in [0, 0.05) is 13.1 Å². The molecule has 0 fully saturated rings. The van der Waals surface area contributed by atoms with Crippen LogP contribution in [0.3, 0.4) is 0 Å². The van der Waals surface area contributed by atoms with E-state index in [0.717, 1.165) is 17.2 Å². The monoisotopic (exact) mass is 259 g/mol. The van der Waals surface area contributed by atoms with Crippen LogP contribution in [0, 0.1) is 11.6 Å². The fraction of sp³-hybridized carbons (Fsp3) is 0.125. The van der Waals surface area contributed by atoms with Crippen LogP contribution in [0.4, 0.5) is 8.78 Å². The third kappa shape index (κ3) is 4.30. The number of hydrogen-bond acceptors (Lipinski definition) is 1. The summed E-state index contributed by atoms with van der Waals surface area (Å²) in [6.07, 6.45) is 4.01. The van der Waals surface area contributed by atoms with Gasteiger partial charge < -0.3 is 5.32 Å². The molecule has 0 heterocycles. The highest BCUT2D eigenvalue weighted by molar-refractivity contribution is 5.48. The van der Waals surface area contributed by atoms with Crippen LogP contribution >= 0.6 is 0 Å². The molecule has 98 valence electrons. The smallest absolute Gasteiger partial charge is 0.159 e. The van der Waals surface area contributed by atoms with Crippen LogP contribution in [-0.2, 0) is 6.54 Å². The maximum atomic E-state index is 13.0. The van der Waals surface area contributed by atoms with E-state index in [0.29, 0.717) is 13.1 Å². The topological polar surface area (TPSA) is 12.0 Å². The Morgan fingerprint density at radius 1 is 0.947 bits per heavy atom. The molecule has 0 amide bonds. The lowest BCUT2D eigenvalue weighted by molar-refractivity contribution is 0.506. The second kappa shape index (κ2) is 6.81. The van der Waals surface area contributed by atoms with Gasteiger partial charge in [0.2, 0.25) is 0 Å². The van der Waals surface area contributed by atoms with E-state index in [-0.39, 0.29) is 0 Å². The molecule has 0 aliphatic carbocycles. The minimum Gasteiger partial charge on any atom is -0.309 e. The number of benzene rings is 2. The number of halogens is 2. The minimum atomic E-state index is -0.812. The Hall–Kier alpha value is -2.00. The molecule has 0 atom stereocenters. The Balaban J connectivity index is 1.78. The molecule has 19 heavy (non-hydrogen) atoms. The van der Waals surface area contributed by atoms with E-state index >= 15 is 0 Å². The van der Waals surface area contributed by atoms with Gasteiger partial charge in [-0.1, -0.05) is 48.6 Å². The van der Waals surface area contributed by atoms with Crippen molar-refractivity contribution < 1.29 is 8.78 Å². The van der Waals surface area contributed by atoms with Crippen molar-refractivity contribution in [2.75, 3.05) is 6.54 Å². The zero-order valence-electron chi connectivity index (χ0n) is 10.4. The van der Waals surface area contributed by atoms with E-state index in [1.54, 1.807) is 6.07 Å². The highest BCUT2D eigenvalue weighted by Crippen LogP contribution is 2.08. The summed E-state index contributed by atoms with van der Waals surface area (Å²) in [4.78, 5) is 0. The second-order valence-electron chi connectivity index (χ2n) is 4.19. The summed E-state index contributed by atoms with van der Waals surface area (Å²) in [6, 6.07) is 13.9. The van der Waals surface area contributed by atoms with Gasteiger partial charge >= 0.3 is 0 Å². The number of hydrogen-bond donors (Lipinski definition) is 1. The van der Waals surface area contributed by atoms with Crippen LogP contribution < -0.4 is 5.32 Å². The zero-order valence-corrected chi connectivity index (χ0v) is 10.4. The first-order valence-corrected chi connectivity index (χ1v) is 6.12. The first-order valence-electron chi connectivity index (χ1n) is 6.12. The Morgan fingerprint density at radius 3 is 2.47 bits per heavy atom. The number of rotatable bonds is 5. The van der Waals surface area contributed by atoms with Crippen LogP contribution in [0.15, 0.2) is 54.6 Å². The molecule has 1 nitrogen and oxygen atoms in total. The molecule has 2 aromatic rings. The van der Waals surface area contributed by atoms with Gasteiger partial charge in [0.1, 0.15) is 0 Å². The third-order valence-corrected chi connectivity index (χ3v) is 2.69. The summed E-state index contributed by atoms with van der Waals surface area (Å²) >= 11 is 0. The maximum Gasteiger partial charge on any atom is 0.159 e. The molecule has 0 aromatic heterocycles. The van der Waals surface area contributed by atoms with Crippen LogP contribution in [0.25, 0.3) is 6.08 Å². The molecule has 0 spiro atoms. The van der Waals surface area contributed by atoms with Gasteiger partial charge in [0.25, 0.3) is 0 Å². The van der Waals surface area contributed by atoms with E-state index < -0.39 is 11.6 Å². The molecular formula is C16H15F2N. The Kier molecular flexibility index (Phi) is 4.81. The molecule has 2 rings (SSSR count). The Morgan fingerprint density at radius 2 is 1.74 bits per heavy atom. The van der Waals surface area contributed by atoms with E-state index in [2.05, 4.69) is 5.32 Å². The molecular weight excluding hydrogens is 244 g/mol. The summed E-state index contributed by atoms with van der Waals surface area (Å²) in [7, 11) is 0. The predicted molar refractivity (Wildman–Crippen MR) is 73.5 cm³/mol. The fourth-order valence-electron chi connectivity index (χ4n) is 1.71. The molecule has 0 bridgehead atoms. The standard InChI is InChI=1S/C16H15F2N/c17-15-9-8-14(11-16(15)18)12-19-10-4-7-13-5-2-1-3-6-13/h1-9,11,19H,10,12H2. The lowest BCUT2D eigenvalue weighted by Crippen LogP contribution is -2.13. The first kappa shape index (κ1) is 13.4. The fourth-order valence-corrected chi connectivity index (χ4v) is 1.71. The summed E-state index contributed by atoms with van der Waals surface area (Å²) in [6.45, 7) is 1.18. The molecule has 0 saturated carbocycles. The molecule has 2 aromatic carbocycles. The van der Waals surface area contributed by atoms with Gasteiger partial charge in [-0.25, -0.2) is 8.78 Å². The normalized spacial score (nSPS) is 11.1. The third-order valence-electron chi connectivity index (χ3n) is 2.69. The summed E-state index contributed by atoms with van der Waals surface area (Å²) in [5, 5.41) is 3.14. The molecule has 0 aliphatic rings. The molecule has 1 N–H and O–H groups in total. The quantitative estimate of drug-likeness (QED) is 0.806. The van der Waals surface area contributed by atoms with Crippen LogP contribution in [0.5, 0.6) is 0 Å². The SMILES string of the molecule is Fc1ccc(CNCC=Cc2ccccc2)cc1F.